The third-order valence-electron chi connectivity index (χ3n) is 4.62. The van der Waals surface area contributed by atoms with Gasteiger partial charge in [0.1, 0.15) is 16.3 Å². The lowest BCUT2D eigenvalue weighted by atomic mass is 10.0. The number of hydrogen-bond donors (Lipinski definition) is 1. The number of benzene rings is 1. The minimum atomic E-state index is -1.29. The summed E-state index contributed by atoms with van der Waals surface area (Å²) in [7, 11) is 1.62. The first-order valence-corrected chi connectivity index (χ1v) is 10.5. The van der Waals surface area contributed by atoms with Gasteiger partial charge in [-0.3, -0.25) is 9.36 Å². The molecule has 154 valence electrons. The number of nitrogens with one attached hydrogen (secondary N) is 1. The number of aryl methyl sites for hydroxylation is 1. The van der Waals surface area contributed by atoms with E-state index in [9.17, 15) is 13.7 Å². The number of aromatic nitrogens is 3. The maximum absolute atomic E-state index is 13.3. The third kappa shape index (κ3) is 4.34. The van der Waals surface area contributed by atoms with E-state index >= 15 is 0 Å². The van der Waals surface area contributed by atoms with Crippen LogP contribution in [0.5, 0.6) is 0 Å². The molecule has 0 spiro atoms. The first-order chi connectivity index (χ1) is 13.5. The minimum absolute atomic E-state index is 0.217. The van der Waals surface area contributed by atoms with Gasteiger partial charge in [-0.2, -0.15) is 0 Å². The molecule has 0 fully saturated rings. The number of hydrogen-bond acceptors (Lipinski definition) is 5. The maximum atomic E-state index is 13.3. The van der Waals surface area contributed by atoms with Crippen molar-refractivity contribution in [2.45, 2.75) is 45.4 Å². The van der Waals surface area contributed by atoms with E-state index in [2.05, 4.69) is 9.71 Å². The summed E-state index contributed by atoms with van der Waals surface area (Å²) in [6.45, 7) is 9.48. The van der Waals surface area contributed by atoms with Gasteiger partial charge in [-0.25, -0.2) is 14.4 Å². The van der Waals surface area contributed by atoms with Crippen LogP contribution in [0.25, 0.3) is 22.4 Å². The average molecular weight is 417 g/mol. The molecule has 6 nitrogen and oxygen atoms in total. The summed E-state index contributed by atoms with van der Waals surface area (Å²) in [6.07, 6.45) is 1.10. The Morgan fingerprint density at radius 1 is 1.28 bits per heavy atom. The van der Waals surface area contributed by atoms with Gasteiger partial charge in [-0.15, -0.1) is 4.72 Å². The second-order valence-electron chi connectivity index (χ2n) is 8.13. The van der Waals surface area contributed by atoms with Crippen molar-refractivity contribution in [3.63, 3.8) is 0 Å². The van der Waals surface area contributed by atoms with Crippen LogP contribution in [0.1, 0.15) is 44.9 Å². The van der Waals surface area contributed by atoms with Crippen LogP contribution >= 0.6 is 0 Å². The first kappa shape index (κ1) is 21.4. The summed E-state index contributed by atoms with van der Waals surface area (Å²) in [5.41, 5.74) is 2.39. The smallest absolute Gasteiger partial charge is 0.261 e. The van der Waals surface area contributed by atoms with E-state index in [1.54, 1.807) is 13.1 Å². The van der Waals surface area contributed by atoms with Crippen LogP contribution in [-0.4, -0.2) is 23.8 Å². The van der Waals surface area contributed by atoms with E-state index in [0.29, 0.717) is 22.4 Å². The van der Waals surface area contributed by atoms with Crippen LogP contribution in [0, 0.1) is 12.7 Å². The molecule has 1 aromatic carbocycles. The number of nitrogens with zero attached hydrogens (tertiary/aromatic N) is 3. The molecule has 29 heavy (non-hydrogen) atoms. The molecule has 3 aromatic rings. The molecule has 0 radical (unpaired) electrons. The summed E-state index contributed by atoms with van der Waals surface area (Å²) < 4.78 is 30.0. The Bertz CT molecular complexity index is 1110. The van der Waals surface area contributed by atoms with Crippen molar-refractivity contribution < 1.29 is 8.94 Å². The molecule has 0 aliphatic heterocycles. The van der Waals surface area contributed by atoms with E-state index in [4.69, 9.17) is 4.98 Å². The van der Waals surface area contributed by atoms with E-state index < -0.39 is 21.9 Å². The molecule has 3 rings (SSSR count). The molecule has 2 atom stereocenters. The van der Waals surface area contributed by atoms with Gasteiger partial charge < -0.3 is 4.55 Å². The number of halogens is 1. The SMILES string of the molecule is Cc1cc(C(C)N[S@+]([O-])C(C)(C)C)c2nc(-c3ccc(F)cn3)n(C)c(=O)c2c1. The van der Waals surface area contributed by atoms with Crippen LogP contribution in [0.4, 0.5) is 4.39 Å². The van der Waals surface area contributed by atoms with Crippen molar-refractivity contribution in [2.24, 2.45) is 7.05 Å². The molecule has 0 saturated carbocycles. The Balaban J connectivity index is 2.20. The zero-order valence-corrected chi connectivity index (χ0v) is 18.2. The molecule has 0 bridgehead atoms. The highest BCUT2D eigenvalue weighted by Gasteiger charge is 2.29. The zero-order chi connectivity index (χ0) is 21.5. The van der Waals surface area contributed by atoms with Crippen LogP contribution in [-0.2, 0) is 18.4 Å². The standard InChI is InChI=1S/C21H25FN4O2S/c1-12-9-15(13(2)25-29(28)21(3,4)5)18-16(10-12)20(27)26(6)19(24-18)17-8-7-14(22)11-23-17/h7-11,13,25H,1-6H3/t13?,29-/m1/s1. The fourth-order valence-electron chi connectivity index (χ4n) is 3.02. The predicted octanol–water partition coefficient (Wildman–Crippen LogP) is 3.56. The average Bonchev–Trinajstić information content (AvgIpc) is 2.64. The van der Waals surface area contributed by atoms with Crippen molar-refractivity contribution in [1.82, 2.24) is 19.3 Å². The van der Waals surface area contributed by atoms with Gasteiger partial charge >= 0.3 is 0 Å². The zero-order valence-electron chi connectivity index (χ0n) is 17.4. The van der Waals surface area contributed by atoms with Gasteiger partial charge in [-0.1, -0.05) is 6.07 Å². The van der Waals surface area contributed by atoms with Crippen molar-refractivity contribution in [1.29, 1.82) is 0 Å². The summed E-state index contributed by atoms with van der Waals surface area (Å²) in [5, 5.41) is 0.476. The Labute approximate surface area is 172 Å². The molecule has 1 N–H and O–H groups in total. The van der Waals surface area contributed by atoms with Crippen molar-refractivity contribution in [2.75, 3.05) is 0 Å². The van der Waals surface area contributed by atoms with Crippen molar-refractivity contribution in [3.05, 3.63) is 57.8 Å². The summed E-state index contributed by atoms with van der Waals surface area (Å²) in [4.78, 5) is 21.8. The highest BCUT2D eigenvalue weighted by atomic mass is 32.2. The summed E-state index contributed by atoms with van der Waals surface area (Å²) in [6, 6.07) is 6.21. The predicted molar refractivity (Wildman–Crippen MR) is 114 cm³/mol. The number of fused-ring (bicyclic) bond motifs is 1. The van der Waals surface area contributed by atoms with Crippen LogP contribution < -0.4 is 10.3 Å². The molecule has 0 aliphatic rings. The molecular formula is C21H25FN4O2S. The van der Waals surface area contributed by atoms with E-state index in [-0.39, 0.29) is 11.6 Å². The molecule has 0 amide bonds. The van der Waals surface area contributed by atoms with Crippen molar-refractivity contribution in [3.8, 4) is 11.5 Å². The quantitative estimate of drug-likeness (QED) is 0.658. The van der Waals surface area contributed by atoms with Crippen LogP contribution in [0.3, 0.4) is 0 Å². The maximum Gasteiger partial charge on any atom is 0.261 e. The molecule has 2 heterocycles. The second kappa shape index (κ2) is 7.85. The fourth-order valence-corrected chi connectivity index (χ4v) is 3.82. The Morgan fingerprint density at radius 3 is 2.55 bits per heavy atom. The van der Waals surface area contributed by atoms with Crippen LogP contribution in [0.2, 0.25) is 0 Å². The summed E-state index contributed by atoms with van der Waals surface area (Å²) in [5.74, 6) is -0.116. The molecule has 0 saturated heterocycles. The van der Waals surface area contributed by atoms with E-state index in [0.717, 1.165) is 17.3 Å². The Kier molecular flexibility index (Phi) is 5.80. The first-order valence-electron chi connectivity index (χ1n) is 9.30. The Hall–Kier alpha value is -2.29. The van der Waals surface area contributed by atoms with Gasteiger partial charge in [0.05, 0.1) is 23.1 Å². The van der Waals surface area contributed by atoms with E-state index in [1.807, 2.05) is 40.7 Å². The third-order valence-corrected chi connectivity index (χ3v) is 6.30. The highest BCUT2D eigenvalue weighted by Crippen LogP contribution is 2.27. The van der Waals surface area contributed by atoms with Gasteiger partial charge in [0.15, 0.2) is 5.82 Å². The molecule has 0 aliphatic carbocycles. The van der Waals surface area contributed by atoms with Gasteiger partial charge in [0, 0.05) is 24.0 Å². The lowest BCUT2D eigenvalue weighted by molar-refractivity contribution is 0.531. The van der Waals surface area contributed by atoms with Gasteiger partial charge in [0.2, 0.25) is 0 Å². The number of pyridine rings is 1. The van der Waals surface area contributed by atoms with Crippen molar-refractivity contribution >= 4 is 22.3 Å². The van der Waals surface area contributed by atoms with Gasteiger partial charge in [-0.05, 0) is 58.4 Å². The van der Waals surface area contributed by atoms with Gasteiger partial charge in [0.25, 0.3) is 5.56 Å². The fraction of sp³-hybridized carbons (Fsp3) is 0.381. The minimum Gasteiger partial charge on any atom is -0.598 e. The van der Waals surface area contributed by atoms with E-state index in [1.165, 1.54) is 16.7 Å². The largest absolute Gasteiger partial charge is 0.598 e. The molecule has 1 unspecified atom stereocenters. The summed E-state index contributed by atoms with van der Waals surface area (Å²) >= 11 is -1.29. The Morgan fingerprint density at radius 2 is 1.97 bits per heavy atom. The molecule has 2 aromatic heterocycles. The molecule has 8 heteroatoms. The van der Waals surface area contributed by atoms with Crippen LogP contribution in [0.15, 0.2) is 35.3 Å². The topological polar surface area (TPSA) is 82.9 Å². The monoisotopic (exact) mass is 416 g/mol. The lowest BCUT2D eigenvalue weighted by Gasteiger charge is -2.27. The highest BCUT2D eigenvalue weighted by molar-refractivity contribution is 7.90. The lowest BCUT2D eigenvalue weighted by Crippen LogP contribution is -2.40. The molecular weight excluding hydrogens is 391 g/mol. The second-order valence-corrected chi connectivity index (χ2v) is 10.1. The number of rotatable bonds is 4. The normalized spacial score (nSPS) is 14.2.